The van der Waals surface area contributed by atoms with E-state index in [1.807, 2.05) is 0 Å². The SMILES string of the molecule is CSc1cccc(N2CCCC(C(C)(C)C)CC2)c1CN. The van der Waals surface area contributed by atoms with Crippen molar-refractivity contribution in [1.29, 1.82) is 0 Å². The number of hydrogen-bond donors (Lipinski definition) is 1. The van der Waals surface area contributed by atoms with E-state index in [9.17, 15) is 0 Å². The second-order valence-electron chi connectivity index (χ2n) is 7.14. The van der Waals surface area contributed by atoms with Gasteiger partial charge >= 0.3 is 0 Å². The summed E-state index contributed by atoms with van der Waals surface area (Å²) in [6.07, 6.45) is 6.06. The van der Waals surface area contributed by atoms with E-state index in [1.54, 1.807) is 11.8 Å². The van der Waals surface area contributed by atoms with Crippen LogP contribution < -0.4 is 10.6 Å². The van der Waals surface area contributed by atoms with Crippen LogP contribution in [-0.2, 0) is 6.54 Å². The first-order valence-electron chi connectivity index (χ1n) is 8.08. The zero-order valence-electron chi connectivity index (χ0n) is 14.0. The summed E-state index contributed by atoms with van der Waals surface area (Å²) < 4.78 is 0. The van der Waals surface area contributed by atoms with E-state index in [2.05, 4.69) is 50.1 Å². The van der Waals surface area contributed by atoms with Crippen LogP contribution in [0, 0.1) is 11.3 Å². The molecule has 1 atom stereocenters. The van der Waals surface area contributed by atoms with E-state index in [0.29, 0.717) is 12.0 Å². The highest BCUT2D eigenvalue weighted by Gasteiger charge is 2.27. The minimum atomic E-state index is 0.424. The van der Waals surface area contributed by atoms with Crippen LogP contribution in [0.5, 0.6) is 0 Å². The number of thioether (sulfide) groups is 1. The number of rotatable bonds is 3. The number of benzene rings is 1. The van der Waals surface area contributed by atoms with Crippen molar-refractivity contribution >= 4 is 17.4 Å². The number of nitrogens with two attached hydrogens (primary N) is 1. The average molecular weight is 307 g/mol. The zero-order valence-corrected chi connectivity index (χ0v) is 14.8. The molecule has 1 aromatic carbocycles. The molecular formula is C18H30N2S. The monoisotopic (exact) mass is 306 g/mol. The van der Waals surface area contributed by atoms with Gasteiger partial charge in [0.2, 0.25) is 0 Å². The van der Waals surface area contributed by atoms with Crippen molar-refractivity contribution in [3.63, 3.8) is 0 Å². The van der Waals surface area contributed by atoms with E-state index in [-0.39, 0.29) is 0 Å². The Morgan fingerprint density at radius 3 is 2.62 bits per heavy atom. The fourth-order valence-electron chi connectivity index (χ4n) is 3.45. The van der Waals surface area contributed by atoms with Gasteiger partial charge in [0, 0.05) is 35.8 Å². The van der Waals surface area contributed by atoms with Gasteiger partial charge in [-0.25, -0.2) is 0 Å². The molecule has 1 fully saturated rings. The maximum absolute atomic E-state index is 6.03. The van der Waals surface area contributed by atoms with Crippen LogP contribution in [0.25, 0.3) is 0 Å². The van der Waals surface area contributed by atoms with Gasteiger partial charge in [-0.1, -0.05) is 26.8 Å². The second-order valence-corrected chi connectivity index (χ2v) is 7.99. The Morgan fingerprint density at radius 2 is 2.00 bits per heavy atom. The molecule has 21 heavy (non-hydrogen) atoms. The predicted molar refractivity (Wildman–Crippen MR) is 95.1 cm³/mol. The summed E-state index contributed by atoms with van der Waals surface area (Å²) in [4.78, 5) is 3.89. The smallest absolute Gasteiger partial charge is 0.0423 e. The first kappa shape index (κ1) is 16.7. The molecule has 2 rings (SSSR count). The third-order valence-electron chi connectivity index (χ3n) is 4.83. The molecule has 0 aliphatic carbocycles. The Hall–Kier alpha value is -0.670. The van der Waals surface area contributed by atoms with E-state index < -0.39 is 0 Å². The first-order chi connectivity index (χ1) is 9.97. The Balaban J connectivity index is 2.20. The van der Waals surface area contributed by atoms with Gasteiger partial charge in [-0.05, 0) is 49.0 Å². The van der Waals surface area contributed by atoms with Crippen LogP contribution in [0.15, 0.2) is 23.1 Å². The van der Waals surface area contributed by atoms with Crippen LogP contribution in [-0.4, -0.2) is 19.3 Å². The lowest BCUT2D eigenvalue weighted by Crippen LogP contribution is -2.27. The molecule has 0 radical (unpaired) electrons. The third-order valence-corrected chi connectivity index (χ3v) is 5.65. The molecule has 2 nitrogen and oxygen atoms in total. The Bertz CT molecular complexity index is 465. The molecule has 0 bridgehead atoms. The lowest BCUT2D eigenvalue weighted by molar-refractivity contribution is 0.220. The van der Waals surface area contributed by atoms with Crippen LogP contribution in [0.4, 0.5) is 5.69 Å². The van der Waals surface area contributed by atoms with Gasteiger partial charge in [0.1, 0.15) is 0 Å². The van der Waals surface area contributed by atoms with E-state index in [0.717, 1.165) is 19.0 Å². The fourth-order valence-corrected chi connectivity index (χ4v) is 4.10. The van der Waals surface area contributed by atoms with Crippen molar-refractivity contribution in [1.82, 2.24) is 0 Å². The van der Waals surface area contributed by atoms with Gasteiger partial charge in [-0.3, -0.25) is 0 Å². The van der Waals surface area contributed by atoms with Gasteiger partial charge in [-0.2, -0.15) is 0 Å². The summed E-state index contributed by atoms with van der Waals surface area (Å²) in [7, 11) is 0. The summed E-state index contributed by atoms with van der Waals surface area (Å²) in [6.45, 7) is 10.1. The second kappa shape index (κ2) is 7.06. The predicted octanol–water partition coefficient (Wildman–Crippen LogP) is 4.52. The summed E-state index contributed by atoms with van der Waals surface area (Å²) in [5.74, 6) is 0.826. The Labute approximate surface area is 134 Å². The zero-order chi connectivity index (χ0) is 15.5. The average Bonchev–Trinajstić information content (AvgIpc) is 2.71. The van der Waals surface area contributed by atoms with Crippen LogP contribution in [0.3, 0.4) is 0 Å². The van der Waals surface area contributed by atoms with Crippen LogP contribution in [0.1, 0.15) is 45.6 Å². The van der Waals surface area contributed by atoms with Crippen molar-refractivity contribution in [2.75, 3.05) is 24.2 Å². The molecule has 1 aliphatic heterocycles. The van der Waals surface area contributed by atoms with E-state index in [4.69, 9.17) is 5.73 Å². The molecular weight excluding hydrogens is 276 g/mol. The molecule has 1 aliphatic rings. The quantitative estimate of drug-likeness (QED) is 0.833. The van der Waals surface area contributed by atoms with Crippen LogP contribution in [0.2, 0.25) is 0 Å². The normalized spacial score (nSPS) is 20.4. The number of hydrogen-bond acceptors (Lipinski definition) is 3. The minimum absolute atomic E-state index is 0.424. The van der Waals surface area contributed by atoms with E-state index in [1.165, 1.54) is 35.4 Å². The Morgan fingerprint density at radius 1 is 1.24 bits per heavy atom. The molecule has 2 N–H and O–H groups in total. The molecule has 0 amide bonds. The summed E-state index contributed by atoms with van der Waals surface area (Å²) in [5.41, 5.74) is 9.13. The van der Waals surface area contributed by atoms with Crippen molar-refractivity contribution in [3.05, 3.63) is 23.8 Å². The lowest BCUT2D eigenvalue weighted by Gasteiger charge is -2.30. The molecule has 1 aromatic rings. The fraction of sp³-hybridized carbons (Fsp3) is 0.667. The molecule has 0 spiro atoms. The molecule has 1 saturated heterocycles. The van der Waals surface area contributed by atoms with Gasteiger partial charge in [0.05, 0.1) is 0 Å². The molecule has 1 heterocycles. The molecule has 0 saturated carbocycles. The molecule has 118 valence electrons. The van der Waals surface area contributed by atoms with Crippen molar-refractivity contribution in [2.24, 2.45) is 17.1 Å². The number of nitrogens with zero attached hydrogens (tertiary/aromatic N) is 1. The van der Waals surface area contributed by atoms with E-state index >= 15 is 0 Å². The highest BCUT2D eigenvalue weighted by atomic mass is 32.2. The van der Waals surface area contributed by atoms with Crippen molar-refractivity contribution < 1.29 is 0 Å². The first-order valence-corrected chi connectivity index (χ1v) is 9.30. The van der Waals surface area contributed by atoms with Gasteiger partial charge in [0.25, 0.3) is 0 Å². The van der Waals surface area contributed by atoms with Gasteiger partial charge in [0.15, 0.2) is 0 Å². The number of anilines is 1. The maximum atomic E-state index is 6.03. The maximum Gasteiger partial charge on any atom is 0.0423 e. The summed E-state index contributed by atoms with van der Waals surface area (Å²) >= 11 is 1.80. The van der Waals surface area contributed by atoms with Crippen molar-refractivity contribution in [3.8, 4) is 0 Å². The standard InChI is InChI=1S/C18H30N2S/c1-18(2,3)14-7-6-11-20(12-10-14)16-8-5-9-17(21-4)15(16)13-19/h5,8-9,14H,6-7,10-13,19H2,1-4H3. The highest BCUT2D eigenvalue weighted by Crippen LogP contribution is 2.36. The van der Waals surface area contributed by atoms with Crippen LogP contribution >= 0.6 is 11.8 Å². The van der Waals surface area contributed by atoms with Gasteiger partial charge in [-0.15, -0.1) is 11.8 Å². The Kier molecular flexibility index (Phi) is 5.61. The highest BCUT2D eigenvalue weighted by molar-refractivity contribution is 7.98. The lowest BCUT2D eigenvalue weighted by atomic mass is 9.77. The summed E-state index contributed by atoms with van der Waals surface area (Å²) in [6, 6.07) is 6.61. The van der Waals surface area contributed by atoms with Crippen molar-refractivity contribution in [2.45, 2.75) is 51.5 Å². The minimum Gasteiger partial charge on any atom is -0.371 e. The molecule has 3 heteroatoms. The molecule has 1 unspecified atom stereocenters. The largest absolute Gasteiger partial charge is 0.371 e. The topological polar surface area (TPSA) is 29.3 Å². The summed E-state index contributed by atoms with van der Waals surface area (Å²) in [5, 5.41) is 0. The van der Waals surface area contributed by atoms with Gasteiger partial charge < -0.3 is 10.6 Å². The molecule has 0 aromatic heterocycles. The third kappa shape index (κ3) is 3.95.